The van der Waals surface area contributed by atoms with Crippen molar-refractivity contribution in [2.24, 2.45) is 0 Å². The molecule has 0 saturated carbocycles. The highest BCUT2D eigenvalue weighted by atomic mass is 32.2. The highest BCUT2D eigenvalue weighted by molar-refractivity contribution is 7.99. The lowest BCUT2D eigenvalue weighted by atomic mass is 10.0. The van der Waals surface area contributed by atoms with Crippen molar-refractivity contribution in [3.05, 3.63) is 0 Å². The third-order valence-corrected chi connectivity index (χ3v) is 6.39. The van der Waals surface area contributed by atoms with Crippen LogP contribution in [0, 0.1) is 0 Å². The topological polar surface area (TPSA) is 137 Å². The fourth-order valence-electron chi connectivity index (χ4n) is 3.62. The maximum Gasteiger partial charge on any atom is 0.324 e. The number of imide groups is 2. The molecular weight excluding hydrogens is 402 g/mol. The molecule has 29 heavy (non-hydrogen) atoms. The first kappa shape index (κ1) is 21.7. The van der Waals surface area contributed by atoms with Crippen LogP contribution in [-0.4, -0.2) is 101 Å². The van der Waals surface area contributed by atoms with Crippen LogP contribution < -0.4 is 16.0 Å². The van der Waals surface area contributed by atoms with E-state index in [0.717, 1.165) is 0 Å². The predicted molar refractivity (Wildman–Crippen MR) is 102 cm³/mol. The van der Waals surface area contributed by atoms with E-state index in [0.29, 0.717) is 11.6 Å². The molecule has 4 amide bonds. The summed E-state index contributed by atoms with van der Waals surface area (Å²) in [6, 6.07) is -1.89. The fourth-order valence-corrected chi connectivity index (χ4v) is 4.55. The number of hydrogen-bond acceptors (Lipinski definition) is 10. The molecule has 4 atom stereocenters. The van der Waals surface area contributed by atoms with Gasteiger partial charge in [0.1, 0.15) is 18.7 Å². The summed E-state index contributed by atoms with van der Waals surface area (Å²) in [5.74, 6) is -0.913. The second-order valence-corrected chi connectivity index (χ2v) is 8.39. The van der Waals surface area contributed by atoms with Gasteiger partial charge in [0.15, 0.2) is 0 Å². The fraction of sp³-hybridized carbons (Fsp3) is 0.706. The number of hydrogen-bond donors (Lipinski definition) is 3. The number of carbonyl (C=O) groups is 5. The Morgan fingerprint density at radius 1 is 1.07 bits per heavy atom. The van der Waals surface area contributed by atoms with E-state index in [1.54, 1.807) is 21.6 Å². The van der Waals surface area contributed by atoms with E-state index in [1.165, 1.54) is 0 Å². The molecule has 12 heteroatoms. The Hall–Kier alpha value is -2.02. The van der Waals surface area contributed by atoms with E-state index in [9.17, 15) is 24.0 Å². The predicted octanol–water partition coefficient (Wildman–Crippen LogP) is -2.75. The van der Waals surface area contributed by atoms with Crippen LogP contribution in [0.3, 0.4) is 0 Å². The summed E-state index contributed by atoms with van der Waals surface area (Å²) in [5.41, 5.74) is 0. The number of thioether (sulfide) groups is 1. The number of nitrogens with zero attached hydrogens (tertiary/aromatic N) is 2. The van der Waals surface area contributed by atoms with E-state index in [4.69, 9.17) is 4.74 Å². The molecule has 3 saturated heterocycles. The van der Waals surface area contributed by atoms with Crippen LogP contribution in [0.1, 0.15) is 13.8 Å². The first-order valence-corrected chi connectivity index (χ1v) is 10.6. The second-order valence-electron chi connectivity index (χ2n) is 7.36. The van der Waals surface area contributed by atoms with E-state index < -0.39 is 29.9 Å². The second kappa shape index (κ2) is 9.20. The zero-order chi connectivity index (χ0) is 21.1. The first-order valence-electron chi connectivity index (χ1n) is 9.40. The van der Waals surface area contributed by atoms with Crippen LogP contribution in [0.25, 0.3) is 0 Å². The molecule has 0 aromatic heterocycles. The number of carbonyl (C=O) groups excluding carboxylic acids is 5. The lowest BCUT2D eigenvalue weighted by Gasteiger charge is -2.43. The molecule has 11 nitrogen and oxygen atoms in total. The number of piperazine rings is 2. The molecule has 0 radical (unpaired) electrons. The van der Waals surface area contributed by atoms with Crippen molar-refractivity contribution >= 4 is 41.4 Å². The highest BCUT2D eigenvalue weighted by Gasteiger charge is 2.41. The largest absolute Gasteiger partial charge is 0.462 e. The van der Waals surface area contributed by atoms with E-state index >= 15 is 0 Å². The van der Waals surface area contributed by atoms with Crippen LogP contribution in [0.15, 0.2) is 0 Å². The summed E-state index contributed by atoms with van der Waals surface area (Å²) >= 11 is 1.59. The van der Waals surface area contributed by atoms with E-state index in [-0.39, 0.29) is 50.1 Å². The third-order valence-electron chi connectivity index (χ3n) is 5.45. The lowest BCUT2D eigenvalue weighted by Crippen LogP contribution is -2.66. The molecular formula is C17H25N5O6S. The van der Waals surface area contributed by atoms with Crippen LogP contribution in [0.5, 0.6) is 0 Å². The van der Waals surface area contributed by atoms with Gasteiger partial charge in [-0.1, -0.05) is 0 Å². The summed E-state index contributed by atoms with van der Waals surface area (Å²) < 4.78 is 5.35. The van der Waals surface area contributed by atoms with Crippen molar-refractivity contribution in [2.45, 2.75) is 38.0 Å². The van der Waals surface area contributed by atoms with Gasteiger partial charge in [0, 0.05) is 23.7 Å². The maximum atomic E-state index is 12.4. The van der Waals surface area contributed by atoms with Crippen LogP contribution >= 0.6 is 11.8 Å². The summed E-state index contributed by atoms with van der Waals surface area (Å²) in [7, 11) is 0. The van der Waals surface area contributed by atoms with Crippen LogP contribution in [0.2, 0.25) is 0 Å². The van der Waals surface area contributed by atoms with Gasteiger partial charge in [-0.25, -0.2) is 0 Å². The standard InChI is InChI=1S/C17H25N5O6S/c1-9(21-3-13(23)19-14(24)4-21)10(2)22-5-15(25)20-16(26)12(22)6-28-17(27)11-7-29-8-18-11/h9-12,18H,3-8H2,1-2H3,(H,19,23,24)(H,20,25,26). The zero-order valence-corrected chi connectivity index (χ0v) is 17.1. The number of amides is 4. The van der Waals surface area contributed by atoms with Gasteiger partial charge in [0.2, 0.25) is 23.6 Å². The summed E-state index contributed by atoms with van der Waals surface area (Å²) in [6.07, 6.45) is 0. The Balaban J connectivity index is 1.67. The van der Waals surface area contributed by atoms with Crippen molar-refractivity contribution in [3.63, 3.8) is 0 Å². The average molecular weight is 427 g/mol. The van der Waals surface area contributed by atoms with Crippen molar-refractivity contribution in [3.8, 4) is 0 Å². The molecule has 0 aromatic carbocycles. The minimum Gasteiger partial charge on any atom is -0.462 e. The SMILES string of the molecule is CC(C(C)N1CC(=O)NC(=O)C1COC(=O)C1CSCN1)N1CC(=O)NC(=O)C1. The van der Waals surface area contributed by atoms with Gasteiger partial charge >= 0.3 is 5.97 Å². The Bertz CT molecular complexity index is 696. The van der Waals surface area contributed by atoms with Gasteiger partial charge in [-0.2, -0.15) is 0 Å². The zero-order valence-electron chi connectivity index (χ0n) is 16.3. The maximum absolute atomic E-state index is 12.4. The molecule has 0 bridgehead atoms. The normalized spacial score (nSPS) is 28.6. The van der Waals surface area contributed by atoms with Crippen LogP contribution in [-0.2, 0) is 28.7 Å². The van der Waals surface area contributed by atoms with Gasteiger partial charge in [-0.3, -0.25) is 49.7 Å². The van der Waals surface area contributed by atoms with Crippen molar-refractivity contribution in [1.29, 1.82) is 0 Å². The van der Waals surface area contributed by atoms with Gasteiger partial charge in [-0.05, 0) is 13.8 Å². The van der Waals surface area contributed by atoms with Crippen molar-refractivity contribution in [1.82, 2.24) is 25.8 Å². The number of esters is 1. The van der Waals surface area contributed by atoms with Gasteiger partial charge < -0.3 is 4.74 Å². The molecule has 3 aliphatic heterocycles. The Labute approximate surface area is 172 Å². The molecule has 160 valence electrons. The Morgan fingerprint density at radius 3 is 2.34 bits per heavy atom. The van der Waals surface area contributed by atoms with Crippen molar-refractivity contribution < 1.29 is 28.7 Å². The van der Waals surface area contributed by atoms with Gasteiger partial charge in [0.05, 0.1) is 19.6 Å². The molecule has 3 fully saturated rings. The number of nitrogens with one attached hydrogen (secondary N) is 3. The third kappa shape index (κ3) is 5.13. The van der Waals surface area contributed by atoms with Crippen molar-refractivity contribution in [2.75, 3.05) is 37.9 Å². The first-order chi connectivity index (χ1) is 13.8. The molecule has 0 aliphatic carbocycles. The van der Waals surface area contributed by atoms with Gasteiger partial charge in [-0.15, -0.1) is 11.8 Å². The monoisotopic (exact) mass is 427 g/mol. The summed E-state index contributed by atoms with van der Waals surface area (Å²) in [5, 5.41) is 7.54. The number of rotatable bonds is 6. The number of ether oxygens (including phenoxy) is 1. The summed E-state index contributed by atoms with van der Waals surface area (Å²) in [6.45, 7) is 3.52. The van der Waals surface area contributed by atoms with Crippen LogP contribution in [0.4, 0.5) is 0 Å². The summed E-state index contributed by atoms with van der Waals surface area (Å²) in [4.78, 5) is 63.3. The average Bonchev–Trinajstić information content (AvgIpc) is 3.19. The molecule has 3 heterocycles. The minimum atomic E-state index is -0.836. The molecule has 3 N–H and O–H groups in total. The van der Waals surface area contributed by atoms with E-state index in [1.807, 2.05) is 13.8 Å². The van der Waals surface area contributed by atoms with E-state index in [2.05, 4.69) is 16.0 Å². The molecule has 3 aliphatic rings. The molecule has 4 unspecified atom stereocenters. The molecule has 3 rings (SSSR count). The molecule has 0 aromatic rings. The quantitative estimate of drug-likeness (QED) is 0.302. The minimum absolute atomic E-state index is 0.0506. The Kier molecular flexibility index (Phi) is 6.88. The lowest BCUT2D eigenvalue weighted by molar-refractivity contribution is -0.154. The Morgan fingerprint density at radius 2 is 1.72 bits per heavy atom. The van der Waals surface area contributed by atoms with Gasteiger partial charge in [0.25, 0.3) is 0 Å². The smallest absolute Gasteiger partial charge is 0.324 e. The highest BCUT2D eigenvalue weighted by Crippen LogP contribution is 2.18. The molecule has 0 spiro atoms.